The van der Waals surface area contributed by atoms with Gasteiger partial charge in [0.15, 0.2) is 0 Å². The molecule has 0 fully saturated rings. The molecule has 5 heteroatoms. The van der Waals surface area contributed by atoms with Gasteiger partial charge < -0.3 is 18.9 Å². The van der Waals surface area contributed by atoms with Crippen molar-refractivity contribution >= 4 is 0 Å². The molecule has 0 atom stereocenters. The Kier molecular flexibility index (Phi) is 3.74. The number of furan rings is 1. The fraction of sp³-hybridized carbons (Fsp3) is 0.364. The molecule has 1 N–H and O–H groups in total. The molecule has 0 bridgehead atoms. The molecule has 0 aromatic carbocycles. The third kappa shape index (κ3) is 2.71. The van der Waals surface area contributed by atoms with Gasteiger partial charge in [0, 0.05) is 20.2 Å². The van der Waals surface area contributed by atoms with Crippen LogP contribution >= 0.6 is 0 Å². The van der Waals surface area contributed by atoms with Gasteiger partial charge in [-0.05, 0) is 6.07 Å². The molecule has 86 valence electrons. The summed E-state index contributed by atoms with van der Waals surface area (Å²) >= 11 is 0. The van der Waals surface area contributed by atoms with Crippen LogP contribution in [-0.4, -0.2) is 25.2 Å². The molecule has 0 saturated heterocycles. The van der Waals surface area contributed by atoms with E-state index < -0.39 is 0 Å². The zero-order chi connectivity index (χ0) is 11.2. The average molecular weight is 222 g/mol. The van der Waals surface area contributed by atoms with Crippen molar-refractivity contribution in [2.75, 3.05) is 20.3 Å². The predicted octanol–water partition coefficient (Wildman–Crippen LogP) is 1.67. The van der Waals surface area contributed by atoms with Crippen LogP contribution in [0.4, 0.5) is 0 Å². The van der Waals surface area contributed by atoms with E-state index in [-0.39, 0.29) is 0 Å². The van der Waals surface area contributed by atoms with Gasteiger partial charge in [-0.1, -0.05) is 0 Å². The maximum Gasteiger partial charge on any atom is 0.229 e. The zero-order valence-corrected chi connectivity index (χ0v) is 9.10. The fourth-order valence-corrected chi connectivity index (χ4v) is 1.30. The SMILES string of the molecule is COCCNCc1coc(-c2ccoc2)n1. The second-order valence-electron chi connectivity index (χ2n) is 3.33. The maximum atomic E-state index is 5.32. The van der Waals surface area contributed by atoms with Crippen LogP contribution in [0.5, 0.6) is 0 Å². The summed E-state index contributed by atoms with van der Waals surface area (Å²) in [4.78, 5) is 4.32. The fourth-order valence-electron chi connectivity index (χ4n) is 1.30. The largest absolute Gasteiger partial charge is 0.472 e. The first-order valence-electron chi connectivity index (χ1n) is 5.07. The number of nitrogens with zero attached hydrogens (tertiary/aromatic N) is 1. The number of hydrogen-bond donors (Lipinski definition) is 1. The van der Waals surface area contributed by atoms with Crippen molar-refractivity contribution in [3.63, 3.8) is 0 Å². The molecule has 0 saturated carbocycles. The highest BCUT2D eigenvalue weighted by atomic mass is 16.5. The number of hydrogen-bond acceptors (Lipinski definition) is 5. The smallest absolute Gasteiger partial charge is 0.229 e. The first kappa shape index (κ1) is 10.9. The Morgan fingerprint density at radius 3 is 3.12 bits per heavy atom. The van der Waals surface area contributed by atoms with Crippen LogP contribution in [0.1, 0.15) is 5.69 Å². The second kappa shape index (κ2) is 5.48. The summed E-state index contributed by atoms with van der Waals surface area (Å²) in [5.74, 6) is 0.581. The topological polar surface area (TPSA) is 60.4 Å². The lowest BCUT2D eigenvalue weighted by atomic mass is 10.3. The van der Waals surface area contributed by atoms with E-state index in [0.29, 0.717) is 19.0 Å². The van der Waals surface area contributed by atoms with Crippen molar-refractivity contribution in [2.24, 2.45) is 0 Å². The molecule has 5 nitrogen and oxygen atoms in total. The molecule has 2 aromatic heterocycles. The van der Waals surface area contributed by atoms with Crippen molar-refractivity contribution in [2.45, 2.75) is 6.54 Å². The van der Waals surface area contributed by atoms with E-state index in [4.69, 9.17) is 13.6 Å². The van der Waals surface area contributed by atoms with Crippen molar-refractivity contribution < 1.29 is 13.6 Å². The molecule has 16 heavy (non-hydrogen) atoms. The summed E-state index contributed by atoms with van der Waals surface area (Å²) in [6, 6.07) is 1.81. The van der Waals surface area contributed by atoms with E-state index in [0.717, 1.165) is 17.8 Å². The Morgan fingerprint density at radius 1 is 1.44 bits per heavy atom. The van der Waals surface area contributed by atoms with Crippen LogP contribution in [0.2, 0.25) is 0 Å². The highest BCUT2D eigenvalue weighted by Crippen LogP contribution is 2.18. The van der Waals surface area contributed by atoms with E-state index in [9.17, 15) is 0 Å². The van der Waals surface area contributed by atoms with E-state index in [1.54, 1.807) is 25.9 Å². The molecular weight excluding hydrogens is 208 g/mol. The summed E-state index contributed by atoms with van der Waals surface area (Å²) in [5, 5.41) is 3.19. The lowest BCUT2D eigenvalue weighted by Crippen LogP contribution is -2.18. The van der Waals surface area contributed by atoms with Crippen LogP contribution in [0, 0.1) is 0 Å². The number of rotatable bonds is 6. The molecule has 0 aliphatic heterocycles. The number of ether oxygens (including phenoxy) is 1. The third-order valence-corrected chi connectivity index (χ3v) is 2.11. The lowest BCUT2D eigenvalue weighted by Gasteiger charge is -1.99. The molecule has 2 aromatic rings. The van der Waals surface area contributed by atoms with Gasteiger partial charge in [0.05, 0.1) is 24.1 Å². The van der Waals surface area contributed by atoms with Crippen LogP contribution in [0.25, 0.3) is 11.5 Å². The number of methoxy groups -OCH3 is 1. The molecule has 2 heterocycles. The molecule has 0 aliphatic carbocycles. The van der Waals surface area contributed by atoms with Crippen LogP contribution in [0.15, 0.2) is 33.7 Å². The first-order valence-corrected chi connectivity index (χ1v) is 5.07. The van der Waals surface area contributed by atoms with Gasteiger partial charge in [0.1, 0.15) is 12.5 Å². The Bertz CT molecular complexity index is 409. The molecule has 0 radical (unpaired) electrons. The molecule has 0 unspecified atom stereocenters. The highest BCUT2D eigenvalue weighted by molar-refractivity contribution is 5.50. The van der Waals surface area contributed by atoms with Crippen molar-refractivity contribution in [3.05, 3.63) is 30.5 Å². The minimum Gasteiger partial charge on any atom is -0.472 e. The van der Waals surface area contributed by atoms with E-state index >= 15 is 0 Å². The monoisotopic (exact) mass is 222 g/mol. The maximum absolute atomic E-state index is 5.32. The minimum absolute atomic E-state index is 0.581. The van der Waals surface area contributed by atoms with E-state index in [1.165, 1.54) is 0 Å². The molecule has 0 aliphatic rings. The second-order valence-corrected chi connectivity index (χ2v) is 3.33. The van der Waals surface area contributed by atoms with Gasteiger partial charge >= 0.3 is 0 Å². The van der Waals surface area contributed by atoms with Crippen molar-refractivity contribution in [1.82, 2.24) is 10.3 Å². The summed E-state index contributed by atoms with van der Waals surface area (Å²) in [5.41, 5.74) is 1.72. The highest BCUT2D eigenvalue weighted by Gasteiger charge is 2.06. The van der Waals surface area contributed by atoms with Gasteiger partial charge in [-0.2, -0.15) is 0 Å². The number of aromatic nitrogens is 1. The summed E-state index contributed by atoms with van der Waals surface area (Å²) < 4.78 is 15.2. The van der Waals surface area contributed by atoms with Crippen molar-refractivity contribution in [3.8, 4) is 11.5 Å². The van der Waals surface area contributed by atoms with Gasteiger partial charge in [0.2, 0.25) is 5.89 Å². The van der Waals surface area contributed by atoms with E-state index in [2.05, 4.69) is 10.3 Å². The zero-order valence-electron chi connectivity index (χ0n) is 9.10. The third-order valence-electron chi connectivity index (χ3n) is 2.11. The molecule has 0 amide bonds. The number of oxazole rings is 1. The van der Waals surface area contributed by atoms with Crippen LogP contribution < -0.4 is 5.32 Å². The Labute approximate surface area is 93.4 Å². The van der Waals surface area contributed by atoms with E-state index in [1.807, 2.05) is 6.07 Å². The van der Waals surface area contributed by atoms with Gasteiger partial charge in [-0.3, -0.25) is 0 Å². The first-order chi connectivity index (χ1) is 7.90. The quantitative estimate of drug-likeness (QED) is 0.753. The standard InChI is InChI=1S/C11H14N2O3/c1-14-5-3-12-6-10-8-16-11(13-10)9-2-4-15-7-9/h2,4,7-8,12H,3,5-6H2,1H3. The van der Waals surface area contributed by atoms with Crippen LogP contribution in [-0.2, 0) is 11.3 Å². The Morgan fingerprint density at radius 2 is 2.38 bits per heavy atom. The average Bonchev–Trinajstić information content (AvgIpc) is 2.94. The van der Waals surface area contributed by atoms with Crippen LogP contribution in [0.3, 0.4) is 0 Å². The Balaban J connectivity index is 1.88. The summed E-state index contributed by atoms with van der Waals surface area (Å²) in [6.07, 6.45) is 4.84. The minimum atomic E-state index is 0.581. The summed E-state index contributed by atoms with van der Waals surface area (Å²) in [6.45, 7) is 2.15. The summed E-state index contributed by atoms with van der Waals surface area (Å²) in [7, 11) is 1.68. The molecule has 2 rings (SSSR count). The molecule has 0 spiro atoms. The normalized spacial score (nSPS) is 10.8. The van der Waals surface area contributed by atoms with Gasteiger partial charge in [0.25, 0.3) is 0 Å². The van der Waals surface area contributed by atoms with Crippen molar-refractivity contribution in [1.29, 1.82) is 0 Å². The predicted molar refractivity (Wildman–Crippen MR) is 57.8 cm³/mol. The molecular formula is C11H14N2O3. The van der Waals surface area contributed by atoms with Gasteiger partial charge in [-0.25, -0.2) is 4.98 Å². The number of nitrogens with one attached hydrogen (secondary N) is 1. The lowest BCUT2D eigenvalue weighted by molar-refractivity contribution is 0.199. The van der Waals surface area contributed by atoms with Gasteiger partial charge in [-0.15, -0.1) is 0 Å². The Hall–Kier alpha value is -1.59.